The molecule has 0 aliphatic heterocycles. The molecule has 21 heavy (non-hydrogen) atoms. The topological polar surface area (TPSA) is 72.2 Å². The van der Waals surface area contributed by atoms with Gasteiger partial charge in [-0.15, -0.1) is 0 Å². The normalized spacial score (nSPS) is 11.4. The van der Waals surface area contributed by atoms with Gasteiger partial charge in [0.15, 0.2) is 0 Å². The molecule has 0 amide bonds. The maximum absolute atomic E-state index is 13.0. The molecular weight excluding hydrogens is 315 g/mol. The molecule has 2 aromatic rings. The van der Waals surface area contributed by atoms with E-state index in [-0.39, 0.29) is 4.90 Å². The van der Waals surface area contributed by atoms with E-state index in [1.54, 1.807) is 25.1 Å². The monoisotopic (exact) mass is 328 g/mol. The van der Waals surface area contributed by atoms with Crippen LogP contribution in [0.1, 0.15) is 11.1 Å². The summed E-state index contributed by atoms with van der Waals surface area (Å²) in [6.45, 7) is 2.00. The molecule has 3 N–H and O–H groups in total. The van der Waals surface area contributed by atoms with E-state index >= 15 is 0 Å². The minimum atomic E-state index is -3.77. The Labute approximate surface area is 127 Å². The number of hydrogen-bond donors (Lipinski definition) is 2. The van der Waals surface area contributed by atoms with Gasteiger partial charge in [-0.2, -0.15) is 0 Å². The maximum Gasteiger partial charge on any atom is 0.238 e. The fraction of sp³-hybridized carbons (Fsp3) is 0.143. The first-order valence-corrected chi connectivity index (χ1v) is 8.01. The Hall–Kier alpha value is -1.63. The minimum absolute atomic E-state index is 0.0673. The summed E-state index contributed by atoms with van der Waals surface area (Å²) < 4.78 is 35.9. The van der Waals surface area contributed by atoms with Gasteiger partial charge in [0.1, 0.15) is 5.82 Å². The van der Waals surface area contributed by atoms with Crippen LogP contribution in [0, 0.1) is 12.7 Å². The molecule has 0 atom stereocenters. The SMILES string of the molecule is Cc1c(NCc2ccc(F)cc2Cl)cccc1S(N)(=O)=O. The molecule has 0 bridgehead atoms. The molecule has 0 unspecified atom stereocenters. The fourth-order valence-corrected chi connectivity index (χ4v) is 3.01. The molecule has 0 aromatic heterocycles. The van der Waals surface area contributed by atoms with Crippen molar-refractivity contribution in [3.8, 4) is 0 Å². The van der Waals surface area contributed by atoms with Crippen molar-refractivity contribution in [3.63, 3.8) is 0 Å². The van der Waals surface area contributed by atoms with Gasteiger partial charge < -0.3 is 5.32 Å². The van der Waals surface area contributed by atoms with Crippen molar-refractivity contribution in [2.45, 2.75) is 18.4 Å². The standard InChI is InChI=1S/C14H14ClFN2O2S/c1-9-13(3-2-4-14(9)21(17,19)20)18-8-10-5-6-11(16)7-12(10)15/h2-7,18H,8H2,1H3,(H2,17,19,20). The van der Waals surface area contributed by atoms with Gasteiger partial charge in [0.05, 0.1) is 4.90 Å². The second-order valence-electron chi connectivity index (χ2n) is 4.56. The van der Waals surface area contributed by atoms with Crippen LogP contribution in [0.25, 0.3) is 0 Å². The van der Waals surface area contributed by atoms with Crippen molar-refractivity contribution in [1.82, 2.24) is 0 Å². The minimum Gasteiger partial charge on any atom is -0.381 e. The van der Waals surface area contributed by atoms with E-state index in [0.29, 0.717) is 28.4 Å². The number of sulfonamides is 1. The lowest BCUT2D eigenvalue weighted by molar-refractivity contribution is 0.597. The second-order valence-corrected chi connectivity index (χ2v) is 6.50. The lowest BCUT2D eigenvalue weighted by Crippen LogP contribution is -2.14. The van der Waals surface area contributed by atoms with E-state index in [1.165, 1.54) is 18.2 Å². The van der Waals surface area contributed by atoms with E-state index in [1.807, 2.05) is 0 Å². The highest BCUT2D eigenvalue weighted by Crippen LogP contribution is 2.24. The molecule has 0 fully saturated rings. The Morgan fingerprint density at radius 2 is 2.00 bits per heavy atom. The molecule has 0 heterocycles. The average Bonchev–Trinajstić information content (AvgIpc) is 2.38. The largest absolute Gasteiger partial charge is 0.381 e. The van der Waals surface area contributed by atoms with Crippen molar-refractivity contribution < 1.29 is 12.8 Å². The van der Waals surface area contributed by atoms with Crippen molar-refractivity contribution >= 4 is 27.3 Å². The Bertz CT molecular complexity index is 779. The van der Waals surface area contributed by atoms with Gasteiger partial charge in [-0.25, -0.2) is 17.9 Å². The lowest BCUT2D eigenvalue weighted by atomic mass is 10.1. The van der Waals surface area contributed by atoms with Gasteiger partial charge in [0, 0.05) is 17.3 Å². The highest BCUT2D eigenvalue weighted by Gasteiger charge is 2.13. The number of anilines is 1. The molecular formula is C14H14ClFN2O2S. The highest BCUT2D eigenvalue weighted by molar-refractivity contribution is 7.89. The molecule has 112 valence electrons. The van der Waals surface area contributed by atoms with E-state index in [4.69, 9.17) is 16.7 Å². The van der Waals surface area contributed by atoms with Crippen LogP contribution in [-0.2, 0) is 16.6 Å². The summed E-state index contributed by atoms with van der Waals surface area (Å²) >= 11 is 5.94. The number of halogens is 2. The maximum atomic E-state index is 13.0. The van der Waals surface area contributed by atoms with E-state index in [2.05, 4.69) is 5.32 Å². The zero-order chi connectivity index (χ0) is 15.6. The average molecular weight is 329 g/mol. The summed E-state index contributed by atoms with van der Waals surface area (Å²) in [6, 6.07) is 8.90. The molecule has 0 aliphatic rings. The summed E-state index contributed by atoms with van der Waals surface area (Å²) in [7, 11) is -3.77. The summed E-state index contributed by atoms with van der Waals surface area (Å²) in [4.78, 5) is 0.0673. The highest BCUT2D eigenvalue weighted by atomic mass is 35.5. The number of hydrogen-bond acceptors (Lipinski definition) is 3. The summed E-state index contributed by atoms with van der Waals surface area (Å²) in [6.07, 6.45) is 0. The van der Waals surface area contributed by atoms with Crippen LogP contribution in [0.3, 0.4) is 0 Å². The molecule has 0 aliphatic carbocycles. The number of benzene rings is 2. The molecule has 2 rings (SSSR count). The predicted molar refractivity (Wildman–Crippen MR) is 81.3 cm³/mol. The molecule has 4 nitrogen and oxygen atoms in total. The molecule has 2 aromatic carbocycles. The number of nitrogens with two attached hydrogens (primary N) is 1. The van der Waals surface area contributed by atoms with E-state index < -0.39 is 15.8 Å². The lowest BCUT2D eigenvalue weighted by Gasteiger charge is -2.13. The third kappa shape index (κ3) is 3.72. The third-order valence-corrected chi connectivity index (χ3v) is 4.48. The first-order valence-electron chi connectivity index (χ1n) is 6.09. The van der Waals surface area contributed by atoms with Gasteiger partial charge in [-0.1, -0.05) is 23.7 Å². The van der Waals surface area contributed by atoms with Gasteiger partial charge in [-0.3, -0.25) is 0 Å². The Kier molecular flexibility index (Phi) is 4.51. The van der Waals surface area contributed by atoms with Crippen molar-refractivity contribution in [1.29, 1.82) is 0 Å². The summed E-state index contributed by atoms with van der Waals surface area (Å²) in [5.74, 6) is -0.406. The second kappa shape index (κ2) is 6.01. The van der Waals surface area contributed by atoms with Crippen LogP contribution in [0.4, 0.5) is 10.1 Å². The third-order valence-electron chi connectivity index (χ3n) is 3.08. The first-order chi connectivity index (χ1) is 9.79. The van der Waals surface area contributed by atoms with Crippen LogP contribution in [-0.4, -0.2) is 8.42 Å². The van der Waals surface area contributed by atoms with Crippen LogP contribution < -0.4 is 10.5 Å². The zero-order valence-electron chi connectivity index (χ0n) is 11.2. The van der Waals surface area contributed by atoms with Crippen molar-refractivity contribution in [2.75, 3.05) is 5.32 Å². The number of primary sulfonamides is 1. The number of rotatable bonds is 4. The molecule has 0 saturated carbocycles. The van der Waals surface area contributed by atoms with Gasteiger partial charge in [0.2, 0.25) is 10.0 Å². The smallest absolute Gasteiger partial charge is 0.238 e. The first kappa shape index (κ1) is 15.8. The fourth-order valence-electron chi connectivity index (χ4n) is 1.97. The number of nitrogens with one attached hydrogen (secondary N) is 1. The van der Waals surface area contributed by atoms with Crippen LogP contribution in [0.2, 0.25) is 5.02 Å². The zero-order valence-corrected chi connectivity index (χ0v) is 12.8. The Morgan fingerprint density at radius 1 is 1.29 bits per heavy atom. The Morgan fingerprint density at radius 3 is 2.62 bits per heavy atom. The summed E-state index contributed by atoms with van der Waals surface area (Å²) in [5, 5.41) is 8.54. The Balaban J connectivity index is 2.25. The summed E-state index contributed by atoms with van der Waals surface area (Å²) in [5.41, 5.74) is 1.86. The van der Waals surface area contributed by atoms with Gasteiger partial charge in [-0.05, 0) is 42.3 Å². The van der Waals surface area contributed by atoms with Crippen molar-refractivity contribution in [2.24, 2.45) is 5.14 Å². The van der Waals surface area contributed by atoms with Gasteiger partial charge >= 0.3 is 0 Å². The molecule has 0 radical (unpaired) electrons. The predicted octanol–water partition coefficient (Wildman–Crippen LogP) is 3.05. The quantitative estimate of drug-likeness (QED) is 0.906. The van der Waals surface area contributed by atoms with Crippen LogP contribution in [0.15, 0.2) is 41.3 Å². The molecule has 0 spiro atoms. The van der Waals surface area contributed by atoms with Gasteiger partial charge in [0.25, 0.3) is 0 Å². The van der Waals surface area contributed by atoms with Crippen molar-refractivity contribution in [3.05, 3.63) is 58.4 Å². The van der Waals surface area contributed by atoms with Crippen LogP contribution >= 0.6 is 11.6 Å². The van der Waals surface area contributed by atoms with E-state index in [9.17, 15) is 12.8 Å². The molecule has 7 heteroatoms. The van der Waals surface area contributed by atoms with E-state index in [0.717, 1.165) is 0 Å². The van der Waals surface area contributed by atoms with Crippen LogP contribution in [0.5, 0.6) is 0 Å². The molecule has 0 saturated heterocycles.